The van der Waals surface area contributed by atoms with E-state index >= 15 is 0 Å². The minimum atomic E-state index is -0.780. The zero-order valence-electron chi connectivity index (χ0n) is 10.8. The number of carbonyl (C=O) groups is 1. The van der Waals surface area contributed by atoms with Crippen molar-refractivity contribution in [1.29, 1.82) is 0 Å². The molecule has 0 aliphatic carbocycles. The lowest BCUT2D eigenvalue weighted by Crippen LogP contribution is -2.38. The lowest BCUT2D eigenvalue weighted by atomic mass is 10.1. The summed E-state index contributed by atoms with van der Waals surface area (Å²) >= 11 is 1.63. The molecule has 0 amide bonds. The van der Waals surface area contributed by atoms with E-state index < -0.39 is 12.0 Å². The van der Waals surface area contributed by atoms with E-state index in [-0.39, 0.29) is 6.04 Å². The second kappa shape index (κ2) is 6.12. The van der Waals surface area contributed by atoms with Gasteiger partial charge in [0, 0.05) is 10.9 Å². The molecule has 1 heterocycles. The Morgan fingerprint density at radius 1 is 1.53 bits per heavy atom. The third-order valence-corrected chi connectivity index (χ3v) is 3.91. The summed E-state index contributed by atoms with van der Waals surface area (Å²) in [5.74, 6) is -0.780. The van der Waals surface area contributed by atoms with Gasteiger partial charge in [0.1, 0.15) is 6.04 Å². The van der Waals surface area contributed by atoms with Crippen molar-refractivity contribution >= 4 is 17.3 Å². The van der Waals surface area contributed by atoms with Crippen LogP contribution in [0.15, 0.2) is 0 Å². The molecule has 5 heteroatoms. The fourth-order valence-corrected chi connectivity index (χ4v) is 2.83. The van der Waals surface area contributed by atoms with Crippen LogP contribution in [0.1, 0.15) is 48.3 Å². The van der Waals surface area contributed by atoms with Gasteiger partial charge in [0.25, 0.3) is 0 Å². The highest BCUT2D eigenvalue weighted by atomic mass is 32.1. The second-order valence-corrected chi connectivity index (χ2v) is 5.49. The first-order valence-corrected chi connectivity index (χ1v) is 6.70. The number of aliphatic carboxylic acids is 1. The van der Waals surface area contributed by atoms with Crippen molar-refractivity contribution in [1.82, 2.24) is 10.3 Å². The molecule has 17 heavy (non-hydrogen) atoms. The third-order valence-electron chi connectivity index (χ3n) is 2.66. The Labute approximate surface area is 106 Å². The van der Waals surface area contributed by atoms with Gasteiger partial charge < -0.3 is 5.11 Å². The van der Waals surface area contributed by atoms with Crippen LogP contribution in [0.4, 0.5) is 0 Å². The number of aryl methyl sites for hydroxylation is 2. The lowest BCUT2D eigenvalue weighted by molar-refractivity contribution is -0.139. The third kappa shape index (κ3) is 3.78. The number of aromatic nitrogens is 1. The van der Waals surface area contributed by atoms with Gasteiger partial charge in [-0.1, -0.05) is 13.3 Å². The number of carboxylic acids is 1. The van der Waals surface area contributed by atoms with Crippen LogP contribution in [0.5, 0.6) is 0 Å². The number of carboxylic acid groups (broad SMARTS) is 1. The molecule has 0 radical (unpaired) electrons. The van der Waals surface area contributed by atoms with E-state index in [2.05, 4.69) is 10.3 Å². The van der Waals surface area contributed by atoms with Gasteiger partial charge in [-0.3, -0.25) is 10.1 Å². The number of hydrogen-bond donors (Lipinski definition) is 2. The summed E-state index contributed by atoms with van der Waals surface area (Å²) in [5, 5.41) is 13.3. The molecule has 96 valence electrons. The molecule has 1 rings (SSSR count). The smallest absolute Gasteiger partial charge is 0.320 e. The van der Waals surface area contributed by atoms with Crippen LogP contribution in [0.2, 0.25) is 0 Å². The molecule has 0 aliphatic rings. The van der Waals surface area contributed by atoms with E-state index in [1.54, 1.807) is 11.3 Å². The standard InChI is InChI=1S/C12H20N2O2S/c1-5-6-10(12(15)16)14-8(3)11-7(2)13-9(4)17-11/h8,10,14H,5-6H2,1-4H3,(H,15,16). The molecule has 2 N–H and O–H groups in total. The molecule has 2 atom stereocenters. The topological polar surface area (TPSA) is 62.2 Å². The van der Waals surface area contributed by atoms with Crippen LogP contribution in [0.25, 0.3) is 0 Å². The zero-order chi connectivity index (χ0) is 13.0. The molecular formula is C12H20N2O2S. The molecular weight excluding hydrogens is 236 g/mol. The van der Waals surface area contributed by atoms with Gasteiger partial charge in [0.05, 0.1) is 10.7 Å². The predicted molar refractivity (Wildman–Crippen MR) is 69.5 cm³/mol. The van der Waals surface area contributed by atoms with Crippen molar-refractivity contribution in [3.63, 3.8) is 0 Å². The Bertz CT molecular complexity index is 390. The maximum absolute atomic E-state index is 11.1. The minimum absolute atomic E-state index is 0.0360. The summed E-state index contributed by atoms with van der Waals surface area (Å²) in [6, 6.07) is -0.439. The highest BCUT2D eigenvalue weighted by Crippen LogP contribution is 2.25. The van der Waals surface area contributed by atoms with Crippen LogP contribution in [-0.4, -0.2) is 22.1 Å². The normalized spacial score (nSPS) is 14.6. The first kappa shape index (κ1) is 14.1. The first-order valence-electron chi connectivity index (χ1n) is 5.88. The van der Waals surface area contributed by atoms with Crippen LogP contribution in [-0.2, 0) is 4.79 Å². The van der Waals surface area contributed by atoms with Gasteiger partial charge in [-0.2, -0.15) is 0 Å². The molecule has 0 aromatic carbocycles. The second-order valence-electron chi connectivity index (χ2n) is 4.25. The van der Waals surface area contributed by atoms with Gasteiger partial charge >= 0.3 is 5.97 Å². The lowest BCUT2D eigenvalue weighted by Gasteiger charge is -2.19. The van der Waals surface area contributed by atoms with Crippen molar-refractivity contribution in [2.75, 3.05) is 0 Å². The van der Waals surface area contributed by atoms with E-state index in [1.807, 2.05) is 27.7 Å². The van der Waals surface area contributed by atoms with Crippen molar-refractivity contribution in [2.45, 2.75) is 52.6 Å². The molecule has 2 unspecified atom stereocenters. The number of nitrogens with one attached hydrogen (secondary N) is 1. The average molecular weight is 256 g/mol. The molecule has 4 nitrogen and oxygen atoms in total. The van der Waals surface area contributed by atoms with E-state index in [9.17, 15) is 4.79 Å². The predicted octanol–water partition coefficient (Wildman–Crippen LogP) is 2.66. The Morgan fingerprint density at radius 2 is 2.18 bits per heavy atom. The number of rotatable bonds is 6. The summed E-state index contributed by atoms with van der Waals surface area (Å²) in [7, 11) is 0. The fraction of sp³-hybridized carbons (Fsp3) is 0.667. The number of thiazole rings is 1. The molecule has 0 aliphatic heterocycles. The highest BCUT2D eigenvalue weighted by molar-refractivity contribution is 7.11. The largest absolute Gasteiger partial charge is 0.480 e. The molecule has 0 saturated carbocycles. The Morgan fingerprint density at radius 3 is 2.59 bits per heavy atom. The van der Waals surface area contributed by atoms with Gasteiger partial charge in [0.2, 0.25) is 0 Å². The van der Waals surface area contributed by atoms with Crippen LogP contribution < -0.4 is 5.32 Å². The summed E-state index contributed by atoms with van der Waals surface area (Å²) in [4.78, 5) is 16.6. The van der Waals surface area contributed by atoms with Gasteiger partial charge in [-0.15, -0.1) is 11.3 Å². The molecule has 0 bridgehead atoms. The highest BCUT2D eigenvalue weighted by Gasteiger charge is 2.21. The van der Waals surface area contributed by atoms with Crippen molar-refractivity contribution in [3.05, 3.63) is 15.6 Å². The quantitative estimate of drug-likeness (QED) is 0.821. The van der Waals surface area contributed by atoms with E-state index in [0.717, 1.165) is 22.0 Å². The summed E-state index contributed by atoms with van der Waals surface area (Å²) in [6.07, 6.45) is 1.51. The summed E-state index contributed by atoms with van der Waals surface area (Å²) in [5.41, 5.74) is 0.994. The summed E-state index contributed by atoms with van der Waals surface area (Å²) < 4.78 is 0. The summed E-state index contributed by atoms with van der Waals surface area (Å²) in [6.45, 7) is 7.91. The molecule has 0 spiro atoms. The fourth-order valence-electron chi connectivity index (χ4n) is 1.89. The first-order chi connectivity index (χ1) is 7.95. The Balaban J connectivity index is 2.73. The van der Waals surface area contributed by atoms with Crippen molar-refractivity contribution in [2.24, 2.45) is 0 Å². The SMILES string of the molecule is CCCC(NC(C)c1sc(C)nc1C)C(=O)O. The molecule has 1 aromatic rings. The van der Waals surface area contributed by atoms with Crippen LogP contribution in [0, 0.1) is 13.8 Å². The van der Waals surface area contributed by atoms with Gasteiger partial charge in [-0.25, -0.2) is 4.98 Å². The molecule has 0 fully saturated rings. The average Bonchev–Trinajstić information content (AvgIpc) is 2.57. The van der Waals surface area contributed by atoms with E-state index in [0.29, 0.717) is 6.42 Å². The van der Waals surface area contributed by atoms with Crippen molar-refractivity contribution < 1.29 is 9.90 Å². The van der Waals surface area contributed by atoms with Crippen molar-refractivity contribution in [3.8, 4) is 0 Å². The Hall–Kier alpha value is -0.940. The van der Waals surface area contributed by atoms with E-state index in [4.69, 9.17) is 5.11 Å². The maximum atomic E-state index is 11.1. The zero-order valence-corrected chi connectivity index (χ0v) is 11.6. The van der Waals surface area contributed by atoms with Gasteiger partial charge in [0.15, 0.2) is 0 Å². The molecule has 1 aromatic heterocycles. The minimum Gasteiger partial charge on any atom is -0.480 e. The monoisotopic (exact) mass is 256 g/mol. The van der Waals surface area contributed by atoms with Crippen LogP contribution in [0.3, 0.4) is 0 Å². The number of hydrogen-bond acceptors (Lipinski definition) is 4. The molecule has 0 saturated heterocycles. The maximum Gasteiger partial charge on any atom is 0.320 e. The van der Waals surface area contributed by atoms with E-state index in [1.165, 1.54) is 0 Å². The van der Waals surface area contributed by atoms with Crippen LogP contribution >= 0.6 is 11.3 Å². The Kier molecular flexibility index (Phi) is 5.08. The van der Waals surface area contributed by atoms with Gasteiger partial charge in [-0.05, 0) is 27.2 Å². The number of nitrogens with zero attached hydrogens (tertiary/aromatic N) is 1.